The van der Waals surface area contributed by atoms with Gasteiger partial charge in [0.2, 0.25) is 0 Å². The SMILES string of the molecule is CCCCCCCCCCCCCCN1C=C(CC)N(C)C1CC. The Morgan fingerprint density at radius 3 is 1.71 bits per heavy atom. The van der Waals surface area contributed by atoms with E-state index in [1.165, 1.54) is 95.7 Å². The highest BCUT2D eigenvalue weighted by molar-refractivity contribution is 5.08. The van der Waals surface area contributed by atoms with Crippen LogP contribution in [0.4, 0.5) is 0 Å². The molecule has 1 rings (SSSR count). The molecule has 0 spiro atoms. The average Bonchev–Trinajstić information content (AvgIpc) is 2.90. The van der Waals surface area contributed by atoms with Crippen molar-refractivity contribution < 1.29 is 0 Å². The summed E-state index contributed by atoms with van der Waals surface area (Å²) in [6, 6.07) is 0. The van der Waals surface area contributed by atoms with E-state index < -0.39 is 0 Å². The maximum absolute atomic E-state index is 2.58. The fourth-order valence-electron chi connectivity index (χ4n) is 3.98. The molecule has 2 heteroatoms. The Hall–Kier alpha value is -0.660. The Morgan fingerprint density at radius 2 is 1.25 bits per heavy atom. The second-order valence-electron chi connectivity index (χ2n) is 7.60. The molecule has 1 aliphatic heterocycles. The lowest BCUT2D eigenvalue weighted by atomic mass is 10.1. The second kappa shape index (κ2) is 13.6. The second-order valence-corrected chi connectivity index (χ2v) is 7.60. The summed E-state index contributed by atoms with van der Waals surface area (Å²) >= 11 is 0. The van der Waals surface area contributed by atoms with E-state index in [1.807, 2.05) is 0 Å². The van der Waals surface area contributed by atoms with Gasteiger partial charge in [0.05, 0.1) is 0 Å². The Morgan fingerprint density at radius 1 is 0.750 bits per heavy atom. The maximum Gasteiger partial charge on any atom is 0.100 e. The third-order valence-corrected chi connectivity index (χ3v) is 5.60. The number of hydrogen-bond donors (Lipinski definition) is 0. The first-order chi connectivity index (χ1) is 11.7. The molecule has 0 fully saturated rings. The van der Waals surface area contributed by atoms with Gasteiger partial charge in [0.15, 0.2) is 0 Å². The monoisotopic (exact) mass is 336 g/mol. The lowest BCUT2D eigenvalue weighted by Crippen LogP contribution is -2.37. The molecule has 0 aromatic rings. The highest BCUT2D eigenvalue weighted by Gasteiger charge is 2.26. The molecule has 0 radical (unpaired) electrons. The highest BCUT2D eigenvalue weighted by atomic mass is 15.4. The van der Waals surface area contributed by atoms with E-state index in [1.54, 1.807) is 0 Å². The van der Waals surface area contributed by atoms with Crippen LogP contribution < -0.4 is 0 Å². The minimum absolute atomic E-state index is 0.604. The van der Waals surface area contributed by atoms with Crippen LogP contribution in [-0.4, -0.2) is 29.6 Å². The number of nitrogens with zero attached hydrogens (tertiary/aromatic N) is 2. The predicted molar refractivity (Wildman–Crippen MR) is 108 cm³/mol. The summed E-state index contributed by atoms with van der Waals surface area (Å²) in [6.45, 7) is 8.11. The van der Waals surface area contributed by atoms with Gasteiger partial charge in [-0.2, -0.15) is 0 Å². The third kappa shape index (κ3) is 7.94. The summed E-state index contributed by atoms with van der Waals surface area (Å²) < 4.78 is 0. The first-order valence-electron chi connectivity index (χ1n) is 10.9. The predicted octanol–water partition coefficient (Wildman–Crippen LogP) is 6.92. The zero-order valence-electron chi connectivity index (χ0n) is 17.2. The van der Waals surface area contributed by atoms with E-state index >= 15 is 0 Å². The van der Waals surface area contributed by atoms with Crippen LogP contribution in [0.2, 0.25) is 0 Å². The molecule has 0 aliphatic carbocycles. The van der Waals surface area contributed by atoms with Crippen molar-refractivity contribution in [3.8, 4) is 0 Å². The molecular weight excluding hydrogens is 292 g/mol. The molecule has 142 valence electrons. The zero-order valence-corrected chi connectivity index (χ0v) is 17.2. The van der Waals surface area contributed by atoms with Crippen LogP contribution in [0.15, 0.2) is 11.9 Å². The first-order valence-corrected chi connectivity index (χ1v) is 10.9. The smallest absolute Gasteiger partial charge is 0.100 e. The number of rotatable bonds is 15. The van der Waals surface area contributed by atoms with Crippen molar-refractivity contribution >= 4 is 0 Å². The molecule has 0 saturated carbocycles. The van der Waals surface area contributed by atoms with Gasteiger partial charge in [0.1, 0.15) is 6.17 Å². The Kier molecular flexibility index (Phi) is 12.1. The van der Waals surface area contributed by atoms with Gasteiger partial charge < -0.3 is 9.80 Å². The van der Waals surface area contributed by atoms with Crippen LogP contribution in [0.5, 0.6) is 0 Å². The van der Waals surface area contributed by atoms with Crippen LogP contribution in [0.25, 0.3) is 0 Å². The Labute approximate surface area is 152 Å². The van der Waals surface area contributed by atoms with Crippen molar-refractivity contribution in [1.29, 1.82) is 0 Å². The van der Waals surface area contributed by atoms with Gasteiger partial charge in [-0.05, 0) is 19.3 Å². The molecule has 24 heavy (non-hydrogen) atoms. The van der Waals surface area contributed by atoms with Gasteiger partial charge in [-0.25, -0.2) is 0 Å². The molecule has 0 aromatic carbocycles. The lowest BCUT2D eigenvalue weighted by Gasteiger charge is -2.30. The molecular formula is C22H44N2. The fraction of sp³-hybridized carbons (Fsp3) is 0.909. The Balaban J connectivity index is 1.96. The van der Waals surface area contributed by atoms with Crippen molar-refractivity contribution in [2.45, 2.75) is 117 Å². The molecule has 1 atom stereocenters. The normalized spacial score (nSPS) is 17.7. The molecule has 0 saturated heterocycles. The van der Waals surface area contributed by atoms with Crippen molar-refractivity contribution in [3.63, 3.8) is 0 Å². The maximum atomic E-state index is 2.58. The molecule has 1 heterocycles. The van der Waals surface area contributed by atoms with Gasteiger partial charge in [0, 0.05) is 25.5 Å². The van der Waals surface area contributed by atoms with Gasteiger partial charge >= 0.3 is 0 Å². The fourth-order valence-corrected chi connectivity index (χ4v) is 3.98. The quantitative estimate of drug-likeness (QED) is 0.299. The molecule has 1 unspecified atom stereocenters. The third-order valence-electron chi connectivity index (χ3n) is 5.60. The minimum Gasteiger partial charge on any atom is -0.356 e. The van der Waals surface area contributed by atoms with E-state index in [2.05, 4.69) is 43.8 Å². The molecule has 0 aromatic heterocycles. The van der Waals surface area contributed by atoms with Gasteiger partial charge in [0.25, 0.3) is 0 Å². The van der Waals surface area contributed by atoms with E-state index in [0.29, 0.717) is 6.17 Å². The zero-order chi connectivity index (χ0) is 17.6. The van der Waals surface area contributed by atoms with Crippen molar-refractivity contribution in [2.24, 2.45) is 0 Å². The summed E-state index contributed by atoms with van der Waals surface area (Å²) in [7, 11) is 2.26. The van der Waals surface area contributed by atoms with Crippen molar-refractivity contribution in [3.05, 3.63) is 11.9 Å². The topological polar surface area (TPSA) is 6.48 Å². The standard InChI is InChI=1S/C22H44N2/c1-5-8-9-10-11-12-13-14-15-16-17-18-19-24-20-21(6-2)23(4)22(24)7-3/h20,22H,5-19H2,1-4H3. The summed E-state index contributed by atoms with van der Waals surface area (Å²) in [5, 5.41) is 0. The van der Waals surface area contributed by atoms with Crippen LogP contribution in [-0.2, 0) is 0 Å². The first kappa shape index (κ1) is 21.4. The highest BCUT2D eigenvalue weighted by Crippen LogP contribution is 2.25. The van der Waals surface area contributed by atoms with Gasteiger partial charge in [-0.3, -0.25) is 0 Å². The van der Waals surface area contributed by atoms with Crippen LogP contribution >= 0.6 is 0 Å². The molecule has 0 bridgehead atoms. The van der Waals surface area contributed by atoms with E-state index in [4.69, 9.17) is 0 Å². The summed E-state index contributed by atoms with van der Waals surface area (Å²) in [4.78, 5) is 5.05. The average molecular weight is 337 g/mol. The largest absolute Gasteiger partial charge is 0.356 e. The minimum atomic E-state index is 0.604. The molecule has 0 amide bonds. The van der Waals surface area contributed by atoms with Crippen molar-refractivity contribution in [1.82, 2.24) is 9.80 Å². The van der Waals surface area contributed by atoms with E-state index in [0.717, 1.165) is 6.42 Å². The van der Waals surface area contributed by atoms with Crippen LogP contribution in [0.1, 0.15) is 111 Å². The molecule has 2 nitrogen and oxygen atoms in total. The van der Waals surface area contributed by atoms with Crippen molar-refractivity contribution in [2.75, 3.05) is 13.6 Å². The number of unbranched alkanes of at least 4 members (excludes halogenated alkanes) is 11. The molecule has 1 aliphatic rings. The van der Waals surface area contributed by atoms with Gasteiger partial charge in [-0.15, -0.1) is 0 Å². The number of allylic oxidation sites excluding steroid dienone is 1. The summed E-state index contributed by atoms with van der Waals surface area (Å²) in [6.07, 6.45) is 22.6. The molecule has 0 N–H and O–H groups in total. The van der Waals surface area contributed by atoms with E-state index in [-0.39, 0.29) is 0 Å². The summed E-state index contributed by atoms with van der Waals surface area (Å²) in [5.41, 5.74) is 1.50. The van der Waals surface area contributed by atoms with Gasteiger partial charge in [-0.1, -0.05) is 91.4 Å². The number of hydrogen-bond acceptors (Lipinski definition) is 2. The van der Waals surface area contributed by atoms with Crippen LogP contribution in [0.3, 0.4) is 0 Å². The summed E-state index contributed by atoms with van der Waals surface area (Å²) in [5.74, 6) is 0. The lowest BCUT2D eigenvalue weighted by molar-refractivity contribution is 0.160. The van der Waals surface area contributed by atoms with E-state index in [9.17, 15) is 0 Å². The van der Waals surface area contributed by atoms with Crippen LogP contribution in [0, 0.1) is 0 Å². The Bertz CT molecular complexity index is 324.